The summed E-state index contributed by atoms with van der Waals surface area (Å²) in [5.74, 6) is -0.782. The normalized spacial score (nSPS) is 44.9. The summed E-state index contributed by atoms with van der Waals surface area (Å²) in [5.41, 5.74) is 2.45. The first-order valence-electron chi connectivity index (χ1n) is 9.27. The highest BCUT2D eigenvalue weighted by Gasteiger charge is 2.71. The fraction of sp³-hybridized carbons (Fsp3) is 0.591. The van der Waals surface area contributed by atoms with Gasteiger partial charge in [0, 0.05) is 28.2 Å². The van der Waals surface area contributed by atoms with Crippen molar-refractivity contribution in [3.05, 3.63) is 47.1 Å². The summed E-state index contributed by atoms with van der Waals surface area (Å²) in [5, 5.41) is 19.0. The van der Waals surface area contributed by atoms with E-state index in [-0.39, 0.29) is 41.0 Å². The zero-order valence-corrected chi connectivity index (χ0v) is 16.5. The van der Waals surface area contributed by atoms with Gasteiger partial charge in [0.25, 0.3) is 0 Å². The zero-order chi connectivity index (χ0) is 19.5. The lowest BCUT2D eigenvalue weighted by Gasteiger charge is -2.52. The lowest BCUT2D eigenvalue weighted by atomic mass is 9.50. The van der Waals surface area contributed by atoms with Crippen LogP contribution in [0.3, 0.4) is 0 Å². The van der Waals surface area contributed by atoms with Crippen LogP contribution in [0.25, 0.3) is 0 Å². The van der Waals surface area contributed by atoms with Crippen molar-refractivity contribution in [3.63, 3.8) is 0 Å². The monoisotopic (exact) mass is 358 g/mol. The van der Waals surface area contributed by atoms with Crippen LogP contribution in [0, 0.1) is 22.2 Å². The number of ether oxygens (including phenoxy) is 1. The molecule has 6 atom stereocenters. The van der Waals surface area contributed by atoms with E-state index in [2.05, 4.69) is 46.8 Å². The van der Waals surface area contributed by atoms with Gasteiger partial charge >= 0.3 is 5.97 Å². The molecular formula is C22H30O4. The molecule has 3 aliphatic rings. The van der Waals surface area contributed by atoms with E-state index in [0.717, 1.165) is 11.1 Å². The van der Waals surface area contributed by atoms with Crippen LogP contribution in [0.2, 0.25) is 0 Å². The second-order valence-corrected chi connectivity index (χ2v) is 8.73. The SMILES string of the molecule is C/C=C(\CO)[C@H]1O[C@@H]2C(C)=C[C@](C)(/C=C/C(=O)O)[C@@H]3C(C)=C[C@@]1(C)[C@]23C. The number of hydrogen-bond acceptors (Lipinski definition) is 3. The van der Waals surface area contributed by atoms with Gasteiger partial charge in [0.15, 0.2) is 0 Å². The van der Waals surface area contributed by atoms with Crippen LogP contribution in [0.15, 0.2) is 47.1 Å². The third kappa shape index (κ3) is 2.25. The summed E-state index contributed by atoms with van der Waals surface area (Å²) >= 11 is 0. The van der Waals surface area contributed by atoms with Crippen molar-refractivity contribution in [1.29, 1.82) is 0 Å². The Morgan fingerprint density at radius 2 is 1.88 bits per heavy atom. The van der Waals surface area contributed by atoms with Gasteiger partial charge in [0.2, 0.25) is 0 Å². The third-order valence-corrected chi connectivity index (χ3v) is 7.15. The van der Waals surface area contributed by atoms with Crippen molar-refractivity contribution >= 4 is 5.97 Å². The number of hydrogen-bond donors (Lipinski definition) is 2. The standard InChI is InChI=1S/C22H30O4/c1-7-15(12-23)19-21(5)11-13(2)17-20(4,9-8-16(24)25)10-14(3)18(26-19)22(17,21)6/h7-11,17-19,23H,12H2,1-6H3,(H,24,25)/b9-8+,15-7+/t17-,18+,19+,20-,21+,22-/m0/s1. The molecule has 0 aromatic rings. The smallest absolute Gasteiger partial charge is 0.328 e. The van der Waals surface area contributed by atoms with Gasteiger partial charge in [-0.05, 0) is 31.9 Å². The number of allylic oxidation sites excluding steroid dienone is 4. The predicted molar refractivity (Wildman–Crippen MR) is 102 cm³/mol. The lowest BCUT2D eigenvalue weighted by Crippen LogP contribution is -2.51. The molecule has 0 saturated carbocycles. The van der Waals surface area contributed by atoms with Crippen molar-refractivity contribution in [2.45, 2.75) is 53.8 Å². The molecule has 1 fully saturated rings. The van der Waals surface area contributed by atoms with Gasteiger partial charge in [-0.15, -0.1) is 0 Å². The van der Waals surface area contributed by atoms with Crippen LogP contribution in [-0.4, -0.2) is 35.0 Å². The van der Waals surface area contributed by atoms with Crippen LogP contribution in [-0.2, 0) is 9.53 Å². The summed E-state index contributed by atoms with van der Waals surface area (Å²) in [6.45, 7) is 12.7. The minimum atomic E-state index is -0.927. The van der Waals surface area contributed by atoms with Gasteiger partial charge in [0.1, 0.15) is 0 Å². The van der Waals surface area contributed by atoms with Crippen molar-refractivity contribution in [3.8, 4) is 0 Å². The number of carbonyl (C=O) groups is 1. The largest absolute Gasteiger partial charge is 0.478 e. The molecule has 0 bridgehead atoms. The number of carboxylic acid groups (broad SMARTS) is 1. The summed E-state index contributed by atoms with van der Waals surface area (Å²) < 4.78 is 6.55. The molecule has 4 heteroatoms. The van der Waals surface area contributed by atoms with Crippen molar-refractivity contribution in [1.82, 2.24) is 0 Å². The molecule has 1 saturated heterocycles. The minimum Gasteiger partial charge on any atom is -0.478 e. The van der Waals surface area contributed by atoms with Gasteiger partial charge < -0.3 is 14.9 Å². The number of aliphatic hydroxyl groups is 1. The Hall–Kier alpha value is -1.65. The van der Waals surface area contributed by atoms with Crippen LogP contribution >= 0.6 is 0 Å². The number of aliphatic carboxylic acids is 1. The molecule has 0 spiro atoms. The molecule has 142 valence electrons. The molecule has 0 aromatic heterocycles. The summed E-state index contributed by atoms with van der Waals surface area (Å²) in [7, 11) is 0. The van der Waals surface area contributed by atoms with Gasteiger partial charge in [0.05, 0.1) is 18.8 Å². The van der Waals surface area contributed by atoms with E-state index in [1.165, 1.54) is 11.6 Å². The third-order valence-electron chi connectivity index (χ3n) is 7.15. The molecule has 0 unspecified atom stereocenters. The maximum Gasteiger partial charge on any atom is 0.328 e. The lowest BCUT2D eigenvalue weighted by molar-refractivity contribution is -0.131. The Bertz CT molecular complexity index is 758. The first kappa shape index (κ1) is 19.1. The van der Waals surface area contributed by atoms with Crippen molar-refractivity contribution in [2.24, 2.45) is 22.2 Å². The van der Waals surface area contributed by atoms with Crippen LogP contribution < -0.4 is 0 Å². The molecule has 1 heterocycles. The van der Waals surface area contributed by atoms with Crippen molar-refractivity contribution < 1.29 is 19.7 Å². The van der Waals surface area contributed by atoms with E-state index in [1.807, 2.05) is 19.1 Å². The minimum absolute atomic E-state index is 0.0178. The maximum atomic E-state index is 11.2. The fourth-order valence-electron chi connectivity index (χ4n) is 6.27. The first-order valence-corrected chi connectivity index (χ1v) is 9.27. The Labute approximate surface area is 155 Å². The van der Waals surface area contributed by atoms with E-state index in [4.69, 9.17) is 9.84 Å². The first-order chi connectivity index (χ1) is 12.0. The molecule has 2 aliphatic carbocycles. The molecule has 2 N–H and O–H groups in total. The van der Waals surface area contributed by atoms with Gasteiger partial charge in [-0.2, -0.15) is 0 Å². The molecule has 0 amide bonds. The van der Waals surface area contributed by atoms with E-state index in [0.29, 0.717) is 0 Å². The highest BCUT2D eigenvalue weighted by molar-refractivity contribution is 5.80. The Balaban J connectivity index is 2.20. The molecule has 0 radical (unpaired) electrons. The van der Waals surface area contributed by atoms with Crippen LogP contribution in [0.5, 0.6) is 0 Å². The van der Waals surface area contributed by atoms with E-state index >= 15 is 0 Å². The highest BCUT2D eigenvalue weighted by atomic mass is 16.5. The second kappa shape index (κ2) is 5.93. The topological polar surface area (TPSA) is 66.8 Å². The van der Waals surface area contributed by atoms with E-state index < -0.39 is 5.97 Å². The van der Waals surface area contributed by atoms with Crippen LogP contribution in [0.4, 0.5) is 0 Å². The molecule has 3 rings (SSSR count). The fourth-order valence-corrected chi connectivity index (χ4v) is 6.27. The molecule has 0 aromatic carbocycles. The molecule has 1 aliphatic heterocycles. The average Bonchev–Trinajstić information content (AvgIpc) is 2.89. The Kier molecular flexibility index (Phi) is 4.36. The summed E-state index contributed by atoms with van der Waals surface area (Å²) in [6.07, 6.45) is 9.28. The Morgan fingerprint density at radius 3 is 2.42 bits per heavy atom. The average molecular weight is 358 g/mol. The number of rotatable bonds is 4. The van der Waals surface area contributed by atoms with E-state index in [1.54, 1.807) is 0 Å². The Morgan fingerprint density at radius 1 is 1.23 bits per heavy atom. The predicted octanol–water partition coefficient (Wildman–Crippen LogP) is 3.89. The van der Waals surface area contributed by atoms with E-state index in [9.17, 15) is 9.90 Å². The number of aliphatic hydroxyl groups excluding tert-OH is 1. The molecule has 4 nitrogen and oxygen atoms in total. The maximum absolute atomic E-state index is 11.2. The quantitative estimate of drug-likeness (QED) is 0.591. The second-order valence-electron chi connectivity index (χ2n) is 8.73. The molecular weight excluding hydrogens is 328 g/mol. The summed E-state index contributed by atoms with van der Waals surface area (Å²) in [4.78, 5) is 11.2. The highest BCUT2D eigenvalue weighted by Crippen LogP contribution is 2.71. The van der Waals surface area contributed by atoms with Crippen molar-refractivity contribution in [2.75, 3.05) is 6.61 Å². The zero-order valence-electron chi connectivity index (χ0n) is 16.5. The molecule has 26 heavy (non-hydrogen) atoms. The summed E-state index contributed by atoms with van der Waals surface area (Å²) in [6, 6.07) is 0. The number of carboxylic acids is 1. The van der Waals surface area contributed by atoms with Gasteiger partial charge in [-0.3, -0.25) is 0 Å². The van der Waals surface area contributed by atoms with Gasteiger partial charge in [-0.25, -0.2) is 4.79 Å². The van der Waals surface area contributed by atoms with Crippen LogP contribution in [0.1, 0.15) is 41.5 Å². The van der Waals surface area contributed by atoms with Gasteiger partial charge in [-0.1, -0.05) is 50.6 Å².